The van der Waals surface area contributed by atoms with Crippen molar-refractivity contribution in [3.05, 3.63) is 138 Å². The van der Waals surface area contributed by atoms with E-state index in [0.717, 1.165) is 0 Å². The van der Waals surface area contributed by atoms with Crippen LogP contribution in [0.2, 0.25) is 0 Å². The van der Waals surface area contributed by atoms with Crippen LogP contribution in [0.5, 0.6) is 0 Å². The summed E-state index contributed by atoms with van der Waals surface area (Å²) in [6, 6.07) is 21.8. The van der Waals surface area contributed by atoms with Gasteiger partial charge in [-0.1, -0.05) is 0 Å². The van der Waals surface area contributed by atoms with Gasteiger partial charge >= 0.3 is 213 Å². The fourth-order valence-corrected chi connectivity index (χ4v) is 20.0. The van der Waals surface area contributed by atoms with Crippen LogP contribution < -0.4 is 14.3 Å². The van der Waals surface area contributed by atoms with Crippen LogP contribution in [0.1, 0.15) is 0 Å². The van der Waals surface area contributed by atoms with Gasteiger partial charge in [0.25, 0.3) is 0 Å². The Hall–Kier alpha value is -4.72. The van der Waals surface area contributed by atoms with Crippen molar-refractivity contribution in [2.45, 2.75) is 0 Å². The third kappa shape index (κ3) is 4.27. The van der Waals surface area contributed by atoms with Crippen LogP contribution in [-0.4, -0.2) is 38.1 Å². The first-order valence-electron chi connectivity index (χ1n) is 10.7. The van der Waals surface area contributed by atoms with Gasteiger partial charge in [-0.3, -0.25) is 0 Å². The molecule has 13 heteroatoms. The summed E-state index contributed by atoms with van der Waals surface area (Å²) in [5.74, 6) is 0. The molecule has 4 aromatic rings. The van der Waals surface area contributed by atoms with Crippen molar-refractivity contribution in [1.29, 1.82) is 0 Å². The fourth-order valence-electron chi connectivity index (χ4n) is 4.67. The summed E-state index contributed by atoms with van der Waals surface area (Å²) in [4.78, 5) is 46.3. The minimum atomic E-state index is -5.67. The van der Waals surface area contributed by atoms with Gasteiger partial charge in [0.2, 0.25) is 0 Å². The van der Waals surface area contributed by atoms with Crippen LogP contribution >= 0.6 is 0 Å². The van der Waals surface area contributed by atoms with E-state index in [1.54, 1.807) is 0 Å². The molecular formula is C24H16N4O8Sn. The van der Waals surface area contributed by atoms with Crippen LogP contribution in [0.3, 0.4) is 0 Å². The van der Waals surface area contributed by atoms with Gasteiger partial charge < -0.3 is 0 Å². The van der Waals surface area contributed by atoms with Gasteiger partial charge in [0.15, 0.2) is 0 Å². The van der Waals surface area contributed by atoms with Crippen molar-refractivity contribution in [3.8, 4) is 0 Å². The molecule has 0 radical (unpaired) electrons. The van der Waals surface area contributed by atoms with Crippen LogP contribution in [0, 0.1) is 40.5 Å². The molecule has 0 aliphatic carbocycles. The van der Waals surface area contributed by atoms with Crippen LogP contribution in [0.15, 0.2) is 97.1 Å². The molecule has 184 valence electrons. The van der Waals surface area contributed by atoms with E-state index in [-0.39, 0.29) is 14.3 Å². The van der Waals surface area contributed by atoms with E-state index in [1.165, 1.54) is 97.1 Å². The molecule has 0 fully saturated rings. The number of hydrogen-bond acceptors (Lipinski definition) is 8. The van der Waals surface area contributed by atoms with Crippen LogP contribution in [-0.2, 0) is 0 Å². The maximum atomic E-state index is 12.3. The Kier molecular flexibility index (Phi) is 6.93. The summed E-state index contributed by atoms with van der Waals surface area (Å²) in [5, 5.41) is 49.0. The zero-order valence-electron chi connectivity index (χ0n) is 18.8. The van der Waals surface area contributed by atoms with Crippen molar-refractivity contribution in [2.75, 3.05) is 0 Å². The zero-order chi connectivity index (χ0) is 26.7. The standard InChI is InChI=1S/4C6H4NO2.Sn/c4*8-7(9)6-4-2-1-3-5-6;/h4*1-4H;. The zero-order valence-corrected chi connectivity index (χ0v) is 21.6. The maximum absolute atomic E-state index is 12.3. The molecule has 0 N–H and O–H groups in total. The van der Waals surface area contributed by atoms with Gasteiger partial charge in [-0.2, -0.15) is 0 Å². The number of nitro benzene ring substituents is 4. The Bertz CT molecular complexity index is 1340. The van der Waals surface area contributed by atoms with Crippen molar-refractivity contribution in [2.24, 2.45) is 0 Å². The second-order valence-electron chi connectivity index (χ2n) is 7.85. The summed E-state index contributed by atoms with van der Waals surface area (Å²) in [7, 11) is 0. The molecule has 0 atom stereocenters. The molecule has 4 rings (SSSR count). The van der Waals surface area contributed by atoms with Gasteiger partial charge in [0.1, 0.15) is 0 Å². The number of para-hydroxylation sites is 4. The van der Waals surface area contributed by atoms with E-state index < -0.39 is 60.8 Å². The molecule has 0 aromatic heterocycles. The predicted molar refractivity (Wildman–Crippen MR) is 137 cm³/mol. The second-order valence-corrected chi connectivity index (χ2v) is 18.3. The summed E-state index contributed by atoms with van der Waals surface area (Å²) >= 11 is -5.67. The monoisotopic (exact) mass is 608 g/mol. The van der Waals surface area contributed by atoms with E-state index in [0.29, 0.717) is 0 Å². The number of nitro groups is 4. The van der Waals surface area contributed by atoms with Crippen molar-refractivity contribution in [3.63, 3.8) is 0 Å². The van der Waals surface area contributed by atoms with Gasteiger partial charge in [-0.05, 0) is 0 Å². The molecule has 0 amide bonds. The molecule has 0 unspecified atom stereocenters. The van der Waals surface area contributed by atoms with Gasteiger partial charge in [-0.15, -0.1) is 0 Å². The number of nitrogens with zero attached hydrogens (tertiary/aromatic N) is 4. The van der Waals surface area contributed by atoms with Crippen molar-refractivity contribution >= 4 is 55.4 Å². The van der Waals surface area contributed by atoms with Gasteiger partial charge in [-0.25, -0.2) is 0 Å². The minimum absolute atomic E-state index is 0.000278. The first-order valence-corrected chi connectivity index (χ1v) is 16.4. The Labute approximate surface area is 212 Å². The third-order valence-corrected chi connectivity index (χ3v) is 20.1. The Morgan fingerprint density at radius 1 is 0.378 bits per heavy atom. The molecule has 12 nitrogen and oxygen atoms in total. The number of rotatable bonds is 8. The average Bonchev–Trinajstić information content (AvgIpc) is 2.90. The SMILES string of the molecule is O=[N+]([O-])c1cccc[c]1[Sn]([c]1ccccc1[N+](=O)[O-])([c]1ccccc1[N+](=O)[O-])[c]1ccccc1[N+](=O)[O-]. The van der Waals surface area contributed by atoms with E-state index in [2.05, 4.69) is 0 Å². The van der Waals surface area contributed by atoms with Crippen molar-refractivity contribution < 1.29 is 19.7 Å². The molecule has 37 heavy (non-hydrogen) atoms. The molecule has 0 saturated heterocycles. The Morgan fingerprint density at radius 3 is 0.757 bits per heavy atom. The molecule has 0 saturated carbocycles. The van der Waals surface area contributed by atoms with Crippen LogP contribution in [0.25, 0.3) is 0 Å². The van der Waals surface area contributed by atoms with Gasteiger partial charge in [0.05, 0.1) is 0 Å². The summed E-state index contributed by atoms with van der Waals surface area (Å²) in [5.41, 5.74) is -1.75. The molecule has 0 spiro atoms. The average molecular weight is 607 g/mol. The fraction of sp³-hybridized carbons (Fsp3) is 0. The van der Waals surface area contributed by atoms with Crippen molar-refractivity contribution in [1.82, 2.24) is 0 Å². The molecule has 4 aromatic carbocycles. The van der Waals surface area contributed by atoms with E-state index in [1.807, 2.05) is 0 Å². The Balaban J connectivity index is 2.42. The third-order valence-electron chi connectivity index (χ3n) is 6.02. The first-order chi connectivity index (χ1) is 17.7. The van der Waals surface area contributed by atoms with Crippen LogP contribution in [0.4, 0.5) is 22.7 Å². The molecule has 0 heterocycles. The second kappa shape index (κ2) is 10.1. The van der Waals surface area contributed by atoms with E-state index >= 15 is 0 Å². The molecule has 0 aliphatic rings. The summed E-state index contributed by atoms with van der Waals surface area (Å²) in [6.45, 7) is 0. The summed E-state index contributed by atoms with van der Waals surface area (Å²) < 4.78 is -0.00111. The normalized spacial score (nSPS) is 11.0. The number of benzene rings is 4. The van der Waals surface area contributed by atoms with E-state index in [9.17, 15) is 40.5 Å². The van der Waals surface area contributed by atoms with E-state index in [4.69, 9.17) is 0 Å². The quantitative estimate of drug-likeness (QED) is 0.167. The topological polar surface area (TPSA) is 173 Å². The van der Waals surface area contributed by atoms with Gasteiger partial charge in [0, 0.05) is 0 Å². The molecular weight excluding hydrogens is 591 g/mol. The molecule has 0 bridgehead atoms. The predicted octanol–water partition coefficient (Wildman–Crippen LogP) is 2.70. The Morgan fingerprint density at radius 2 is 0.568 bits per heavy atom. The first kappa shape index (κ1) is 25.4. The number of hydrogen-bond donors (Lipinski definition) is 0. The summed E-state index contributed by atoms with van der Waals surface area (Å²) in [6.07, 6.45) is 0. The molecule has 0 aliphatic heterocycles.